The SMILES string of the molecule is COC(=O)C1CCN(C(=O)c2cccc(S(=O)(=O)N3CCc4ccccc43)c2)CC1. The number of nitrogens with zero attached hydrogens (tertiary/aromatic N) is 2. The summed E-state index contributed by atoms with van der Waals surface area (Å²) >= 11 is 0. The molecule has 0 bridgehead atoms. The lowest BCUT2D eigenvalue weighted by molar-refractivity contribution is -0.146. The topological polar surface area (TPSA) is 84.0 Å². The Morgan fingerprint density at radius 3 is 2.47 bits per heavy atom. The second-order valence-electron chi connectivity index (χ2n) is 7.57. The Morgan fingerprint density at radius 2 is 1.73 bits per heavy atom. The van der Waals surface area contributed by atoms with Crippen LogP contribution < -0.4 is 4.31 Å². The fourth-order valence-corrected chi connectivity index (χ4v) is 5.69. The number of anilines is 1. The summed E-state index contributed by atoms with van der Waals surface area (Å²) in [6, 6.07) is 13.7. The molecule has 4 rings (SSSR count). The Bertz CT molecular complexity index is 1070. The van der Waals surface area contributed by atoms with Gasteiger partial charge in [-0.3, -0.25) is 13.9 Å². The number of sulfonamides is 1. The van der Waals surface area contributed by atoms with Crippen LogP contribution in [0.15, 0.2) is 53.4 Å². The van der Waals surface area contributed by atoms with Gasteiger partial charge in [0.15, 0.2) is 0 Å². The lowest BCUT2D eigenvalue weighted by atomic mass is 9.96. The fraction of sp³-hybridized carbons (Fsp3) is 0.364. The van der Waals surface area contributed by atoms with Crippen LogP contribution in [0.3, 0.4) is 0 Å². The summed E-state index contributed by atoms with van der Waals surface area (Å²) < 4.78 is 32.7. The van der Waals surface area contributed by atoms with Crippen LogP contribution in [0.5, 0.6) is 0 Å². The number of para-hydroxylation sites is 1. The van der Waals surface area contributed by atoms with E-state index in [1.165, 1.54) is 23.5 Å². The van der Waals surface area contributed by atoms with Crippen molar-refractivity contribution in [2.45, 2.75) is 24.2 Å². The largest absolute Gasteiger partial charge is 0.469 e. The smallest absolute Gasteiger partial charge is 0.308 e. The quantitative estimate of drug-likeness (QED) is 0.699. The minimum atomic E-state index is -3.76. The molecule has 2 aliphatic heterocycles. The number of carbonyl (C=O) groups is 2. The van der Waals surface area contributed by atoms with E-state index in [0.717, 1.165) is 5.56 Å². The molecule has 30 heavy (non-hydrogen) atoms. The molecule has 158 valence electrons. The van der Waals surface area contributed by atoms with E-state index in [1.54, 1.807) is 23.1 Å². The predicted octanol–water partition coefficient (Wildman–Crippen LogP) is 2.46. The Kier molecular flexibility index (Phi) is 5.51. The highest BCUT2D eigenvalue weighted by molar-refractivity contribution is 7.92. The minimum Gasteiger partial charge on any atom is -0.469 e. The maximum Gasteiger partial charge on any atom is 0.308 e. The van der Waals surface area contributed by atoms with E-state index in [4.69, 9.17) is 4.74 Å². The molecule has 7 nitrogen and oxygen atoms in total. The molecule has 2 aliphatic rings. The van der Waals surface area contributed by atoms with Gasteiger partial charge in [-0.1, -0.05) is 24.3 Å². The molecule has 0 aliphatic carbocycles. The summed E-state index contributed by atoms with van der Waals surface area (Å²) in [5, 5.41) is 0. The molecule has 2 heterocycles. The highest BCUT2D eigenvalue weighted by Gasteiger charge is 2.32. The molecule has 1 amide bonds. The van der Waals surface area contributed by atoms with E-state index in [1.807, 2.05) is 18.2 Å². The molecule has 0 spiro atoms. The number of likely N-dealkylation sites (tertiary alicyclic amines) is 1. The third-order valence-electron chi connectivity index (χ3n) is 5.83. The monoisotopic (exact) mass is 428 g/mol. The first-order valence-corrected chi connectivity index (χ1v) is 11.4. The fourth-order valence-electron chi connectivity index (χ4n) is 4.14. The summed E-state index contributed by atoms with van der Waals surface area (Å²) in [7, 11) is -2.40. The second-order valence-corrected chi connectivity index (χ2v) is 9.44. The van der Waals surface area contributed by atoms with Gasteiger partial charge in [-0.05, 0) is 49.1 Å². The molecule has 0 atom stereocenters. The predicted molar refractivity (Wildman–Crippen MR) is 112 cm³/mol. The van der Waals surface area contributed by atoms with Gasteiger partial charge in [0.05, 0.1) is 23.6 Å². The molecule has 2 aromatic rings. The molecule has 0 unspecified atom stereocenters. The lowest BCUT2D eigenvalue weighted by Gasteiger charge is -2.30. The minimum absolute atomic E-state index is 0.106. The van der Waals surface area contributed by atoms with Gasteiger partial charge in [-0.25, -0.2) is 8.42 Å². The van der Waals surface area contributed by atoms with Crippen molar-refractivity contribution in [3.63, 3.8) is 0 Å². The summed E-state index contributed by atoms with van der Waals surface area (Å²) in [6.45, 7) is 1.27. The van der Waals surface area contributed by atoms with Crippen LogP contribution in [0.1, 0.15) is 28.8 Å². The standard InChI is InChI=1S/C22H24N2O5S/c1-29-22(26)17-9-12-23(13-10-17)21(25)18-6-4-7-19(15-18)30(27,28)24-14-11-16-5-2-3-8-20(16)24/h2-8,15,17H,9-14H2,1H3. The number of benzene rings is 2. The number of methoxy groups -OCH3 is 1. The van der Waals surface area contributed by atoms with Crippen molar-refractivity contribution in [1.29, 1.82) is 0 Å². The molecular formula is C22H24N2O5S. The van der Waals surface area contributed by atoms with Gasteiger partial charge >= 0.3 is 5.97 Å². The lowest BCUT2D eigenvalue weighted by Crippen LogP contribution is -2.40. The maximum atomic E-state index is 13.2. The zero-order valence-corrected chi connectivity index (χ0v) is 17.6. The van der Waals surface area contributed by atoms with Crippen molar-refractivity contribution in [1.82, 2.24) is 4.90 Å². The normalized spacial score (nSPS) is 17.0. The zero-order valence-electron chi connectivity index (χ0n) is 16.8. The number of rotatable bonds is 4. The van der Waals surface area contributed by atoms with Gasteiger partial charge in [-0.15, -0.1) is 0 Å². The highest BCUT2D eigenvalue weighted by atomic mass is 32.2. The first kappa shape index (κ1) is 20.4. The molecule has 1 fully saturated rings. The van der Waals surface area contributed by atoms with Crippen molar-refractivity contribution in [2.24, 2.45) is 5.92 Å². The van der Waals surface area contributed by atoms with E-state index in [2.05, 4.69) is 0 Å². The maximum absolute atomic E-state index is 13.2. The van der Waals surface area contributed by atoms with Crippen molar-refractivity contribution < 1.29 is 22.7 Å². The Labute approximate surface area is 176 Å². The molecule has 0 aromatic heterocycles. The van der Waals surface area contributed by atoms with Crippen LogP contribution in [0.4, 0.5) is 5.69 Å². The molecular weight excluding hydrogens is 404 g/mol. The van der Waals surface area contributed by atoms with E-state index >= 15 is 0 Å². The third kappa shape index (κ3) is 3.67. The van der Waals surface area contributed by atoms with E-state index in [-0.39, 0.29) is 22.7 Å². The number of hydrogen-bond donors (Lipinski definition) is 0. The number of amides is 1. The van der Waals surface area contributed by atoms with Crippen LogP contribution in [0, 0.1) is 5.92 Å². The van der Waals surface area contributed by atoms with Crippen LogP contribution in [0.2, 0.25) is 0 Å². The van der Waals surface area contributed by atoms with Gasteiger partial charge < -0.3 is 9.64 Å². The number of esters is 1. The number of piperidine rings is 1. The van der Waals surface area contributed by atoms with Crippen LogP contribution in [0.25, 0.3) is 0 Å². The number of hydrogen-bond acceptors (Lipinski definition) is 5. The van der Waals surface area contributed by atoms with E-state index in [9.17, 15) is 18.0 Å². The number of carbonyl (C=O) groups excluding carboxylic acids is 2. The Hall–Kier alpha value is -2.87. The zero-order chi connectivity index (χ0) is 21.3. The van der Waals surface area contributed by atoms with E-state index in [0.29, 0.717) is 50.1 Å². The summed E-state index contributed by atoms with van der Waals surface area (Å²) in [5.41, 5.74) is 2.03. The van der Waals surface area contributed by atoms with Gasteiger partial charge in [0.2, 0.25) is 0 Å². The number of fused-ring (bicyclic) bond motifs is 1. The van der Waals surface area contributed by atoms with Gasteiger partial charge in [-0.2, -0.15) is 0 Å². The Morgan fingerprint density at radius 1 is 1.00 bits per heavy atom. The molecule has 1 saturated heterocycles. The van der Waals surface area contributed by atoms with Crippen molar-refractivity contribution in [2.75, 3.05) is 31.0 Å². The summed E-state index contributed by atoms with van der Waals surface area (Å²) in [6.07, 6.45) is 1.76. The van der Waals surface area contributed by atoms with Crippen molar-refractivity contribution in [3.05, 3.63) is 59.7 Å². The van der Waals surface area contributed by atoms with Crippen molar-refractivity contribution in [3.8, 4) is 0 Å². The number of ether oxygens (including phenoxy) is 1. The molecule has 2 aromatic carbocycles. The average molecular weight is 429 g/mol. The van der Waals surface area contributed by atoms with Crippen LogP contribution >= 0.6 is 0 Å². The average Bonchev–Trinajstić information content (AvgIpc) is 3.23. The Balaban J connectivity index is 1.53. The van der Waals surface area contributed by atoms with Gasteiger partial charge in [0, 0.05) is 25.2 Å². The second kappa shape index (κ2) is 8.10. The highest BCUT2D eigenvalue weighted by Crippen LogP contribution is 2.33. The molecule has 0 radical (unpaired) electrons. The van der Waals surface area contributed by atoms with Crippen molar-refractivity contribution >= 4 is 27.6 Å². The summed E-state index contributed by atoms with van der Waals surface area (Å²) in [4.78, 5) is 26.4. The summed E-state index contributed by atoms with van der Waals surface area (Å²) in [5.74, 6) is -0.667. The van der Waals surface area contributed by atoms with Gasteiger partial charge in [0.25, 0.3) is 15.9 Å². The third-order valence-corrected chi connectivity index (χ3v) is 7.64. The van der Waals surface area contributed by atoms with Crippen LogP contribution in [-0.2, 0) is 26.0 Å². The molecule has 0 saturated carbocycles. The van der Waals surface area contributed by atoms with E-state index < -0.39 is 10.0 Å². The van der Waals surface area contributed by atoms with Crippen LogP contribution in [-0.4, -0.2) is 51.9 Å². The first-order chi connectivity index (χ1) is 14.4. The first-order valence-electron chi connectivity index (χ1n) is 9.99. The molecule has 8 heteroatoms. The molecule has 0 N–H and O–H groups in total. The van der Waals surface area contributed by atoms with Gasteiger partial charge in [0.1, 0.15) is 0 Å².